The first-order valence-electron chi connectivity index (χ1n) is 5.76. The van der Waals surface area contributed by atoms with Gasteiger partial charge in [0.15, 0.2) is 5.75 Å². The number of nitrogens with zero attached hydrogens (tertiary/aromatic N) is 2. The van der Waals surface area contributed by atoms with Gasteiger partial charge < -0.3 is 15.2 Å². The molecular weight excluding hydrogens is 262 g/mol. The molecule has 0 radical (unpaired) electrons. The number of pyridine rings is 1. The number of nitro benzene ring substituents is 1. The second-order valence-corrected chi connectivity index (χ2v) is 3.97. The highest BCUT2D eigenvalue weighted by Gasteiger charge is 2.16. The maximum Gasteiger partial charge on any atom is 0.314 e. The first kappa shape index (κ1) is 13.6. The Morgan fingerprint density at radius 1 is 1.35 bits per heavy atom. The quantitative estimate of drug-likeness (QED) is 0.662. The predicted molar refractivity (Wildman–Crippen MR) is 72.6 cm³/mol. The number of hydrogen-bond acceptors (Lipinski definition) is 6. The fourth-order valence-corrected chi connectivity index (χ4v) is 1.63. The lowest BCUT2D eigenvalue weighted by molar-refractivity contribution is -0.386. The van der Waals surface area contributed by atoms with Crippen LogP contribution < -0.4 is 15.2 Å². The fraction of sp³-hybridized carbons (Fsp3) is 0.154. The number of anilines is 1. The molecule has 0 aliphatic rings. The molecule has 2 rings (SSSR count). The van der Waals surface area contributed by atoms with Gasteiger partial charge in [0.05, 0.1) is 18.1 Å². The zero-order valence-electron chi connectivity index (χ0n) is 10.8. The molecule has 2 N–H and O–H groups in total. The van der Waals surface area contributed by atoms with Crippen LogP contribution >= 0.6 is 0 Å². The van der Waals surface area contributed by atoms with Gasteiger partial charge in [0.1, 0.15) is 18.2 Å². The van der Waals surface area contributed by atoms with Crippen molar-refractivity contribution in [3.63, 3.8) is 0 Å². The molecular formula is C13H13N3O4. The molecule has 0 atom stereocenters. The van der Waals surface area contributed by atoms with E-state index in [2.05, 4.69) is 4.98 Å². The number of ether oxygens (including phenoxy) is 2. The van der Waals surface area contributed by atoms with Crippen molar-refractivity contribution in [1.29, 1.82) is 0 Å². The molecule has 104 valence electrons. The van der Waals surface area contributed by atoms with E-state index in [0.717, 1.165) is 5.56 Å². The van der Waals surface area contributed by atoms with E-state index in [1.807, 2.05) is 0 Å². The van der Waals surface area contributed by atoms with Crippen molar-refractivity contribution in [3.8, 4) is 11.5 Å². The molecule has 7 heteroatoms. The maximum absolute atomic E-state index is 11.0. The molecule has 20 heavy (non-hydrogen) atoms. The van der Waals surface area contributed by atoms with Crippen molar-refractivity contribution in [3.05, 3.63) is 52.2 Å². The van der Waals surface area contributed by atoms with Crippen LogP contribution in [-0.2, 0) is 6.61 Å². The average molecular weight is 275 g/mol. The molecule has 0 spiro atoms. The van der Waals surface area contributed by atoms with E-state index >= 15 is 0 Å². The molecule has 1 aromatic heterocycles. The molecule has 0 aliphatic heterocycles. The van der Waals surface area contributed by atoms with Crippen LogP contribution in [-0.4, -0.2) is 17.0 Å². The summed E-state index contributed by atoms with van der Waals surface area (Å²) in [6, 6.07) is 7.79. The highest BCUT2D eigenvalue weighted by Crippen LogP contribution is 2.31. The van der Waals surface area contributed by atoms with Crippen LogP contribution in [0, 0.1) is 10.1 Å². The van der Waals surface area contributed by atoms with Gasteiger partial charge in [-0.3, -0.25) is 10.1 Å². The number of benzene rings is 1. The van der Waals surface area contributed by atoms with Gasteiger partial charge in [0.25, 0.3) is 0 Å². The number of hydrogen-bond donors (Lipinski definition) is 1. The van der Waals surface area contributed by atoms with Crippen LogP contribution in [0.25, 0.3) is 0 Å². The highest BCUT2D eigenvalue weighted by molar-refractivity contribution is 5.51. The number of nitro groups is 1. The van der Waals surface area contributed by atoms with Crippen LogP contribution in [0.15, 0.2) is 36.5 Å². The van der Waals surface area contributed by atoms with Gasteiger partial charge in [-0.15, -0.1) is 0 Å². The summed E-state index contributed by atoms with van der Waals surface area (Å²) >= 11 is 0. The number of aromatic nitrogens is 1. The summed E-state index contributed by atoms with van der Waals surface area (Å²) in [5.41, 5.74) is 6.19. The molecule has 0 amide bonds. The second-order valence-electron chi connectivity index (χ2n) is 3.97. The number of methoxy groups -OCH3 is 1. The van der Waals surface area contributed by atoms with Crippen LogP contribution in [0.5, 0.6) is 11.5 Å². The lowest BCUT2D eigenvalue weighted by atomic mass is 10.2. The largest absolute Gasteiger partial charge is 0.496 e. The summed E-state index contributed by atoms with van der Waals surface area (Å²) in [5.74, 6) is 0.943. The van der Waals surface area contributed by atoms with Gasteiger partial charge in [-0.1, -0.05) is 0 Å². The molecule has 0 saturated heterocycles. The van der Waals surface area contributed by atoms with Gasteiger partial charge in [0.2, 0.25) is 0 Å². The Morgan fingerprint density at radius 2 is 2.15 bits per heavy atom. The Bertz CT molecular complexity index is 631. The summed E-state index contributed by atoms with van der Waals surface area (Å²) in [6.07, 6.45) is 1.55. The fourth-order valence-electron chi connectivity index (χ4n) is 1.63. The molecule has 1 heterocycles. The Hall–Kier alpha value is -2.83. The molecule has 0 bridgehead atoms. The van der Waals surface area contributed by atoms with Crippen molar-refractivity contribution >= 4 is 11.5 Å². The second kappa shape index (κ2) is 5.87. The smallest absolute Gasteiger partial charge is 0.314 e. The maximum atomic E-state index is 11.0. The summed E-state index contributed by atoms with van der Waals surface area (Å²) in [6.45, 7) is 0.167. The lowest BCUT2D eigenvalue weighted by Crippen LogP contribution is -2.01. The SMILES string of the molecule is COc1ccc(OCc2ccnc(N)c2)c([N+](=O)[O-])c1. The topological polar surface area (TPSA) is 101 Å². The van der Waals surface area contributed by atoms with Gasteiger partial charge in [-0.25, -0.2) is 4.98 Å². The molecule has 2 aromatic rings. The summed E-state index contributed by atoms with van der Waals surface area (Å²) in [4.78, 5) is 14.3. The number of rotatable bonds is 5. The van der Waals surface area contributed by atoms with Crippen molar-refractivity contribution < 1.29 is 14.4 Å². The van der Waals surface area contributed by atoms with Gasteiger partial charge in [-0.05, 0) is 29.8 Å². The van der Waals surface area contributed by atoms with E-state index < -0.39 is 4.92 Å². The van der Waals surface area contributed by atoms with Crippen LogP contribution in [0.1, 0.15) is 5.56 Å². The van der Waals surface area contributed by atoms with Gasteiger partial charge in [-0.2, -0.15) is 0 Å². The third kappa shape index (κ3) is 3.14. The predicted octanol–water partition coefficient (Wildman–Crippen LogP) is 2.16. The lowest BCUT2D eigenvalue weighted by Gasteiger charge is -2.08. The summed E-state index contributed by atoms with van der Waals surface area (Å²) in [5, 5.41) is 11.0. The first-order valence-corrected chi connectivity index (χ1v) is 5.76. The zero-order valence-corrected chi connectivity index (χ0v) is 10.8. The summed E-state index contributed by atoms with van der Waals surface area (Å²) in [7, 11) is 1.44. The molecule has 0 unspecified atom stereocenters. The first-order chi connectivity index (χ1) is 9.60. The van der Waals surface area contributed by atoms with E-state index in [1.54, 1.807) is 24.4 Å². The minimum atomic E-state index is -0.515. The van der Waals surface area contributed by atoms with Crippen molar-refractivity contribution in [1.82, 2.24) is 4.98 Å². The Balaban J connectivity index is 2.18. The Morgan fingerprint density at radius 3 is 2.80 bits per heavy atom. The van der Waals surface area contributed by atoms with E-state index in [4.69, 9.17) is 15.2 Å². The number of nitrogen functional groups attached to an aromatic ring is 1. The Labute approximate surface area is 115 Å². The summed E-state index contributed by atoms with van der Waals surface area (Å²) < 4.78 is 10.4. The molecule has 0 fully saturated rings. The van der Waals surface area contributed by atoms with E-state index in [1.165, 1.54) is 19.2 Å². The van der Waals surface area contributed by atoms with Crippen LogP contribution in [0.4, 0.5) is 11.5 Å². The third-order valence-corrected chi connectivity index (χ3v) is 2.60. The molecule has 0 aliphatic carbocycles. The minimum Gasteiger partial charge on any atom is -0.496 e. The number of nitrogens with two attached hydrogens (primary N) is 1. The van der Waals surface area contributed by atoms with Crippen LogP contribution in [0.3, 0.4) is 0 Å². The average Bonchev–Trinajstić information content (AvgIpc) is 2.45. The van der Waals surface area contributed by atoms with Crippen molar-refractivity contribution in [2.24, 2.45) is 0 Å². The standard InChI is InChI=1S/C13H13N3O4/c1-19-10-2-3-12(11(7-10)16(17)18)20-8-9-4-5-15-13(14)6-9/h2-7H,8H2,1H3,(H2,14,15). The van der Waals surface area contributed by atoms with E-state index in [9.17, 15) is 10.1 Å². The molecule has 1 aromatic carbocycles. The van der Waals surface area contributed by atoms with E-state index in [-0.39, 0.29) is 18.0 Å². The zero-order chi connectivity index (χ0) is 14.5. The monoisotopic (exact) mass is 275 g/mol. The van der Waals surface area contributed by atoms with Gasteiger partial charge >= 0.3 is 5.69 Å². The van der Waals surface area contributed by atoms with Crippen molar-refractivity contribution in [2.45, 2.75) is 6.61 Å². The van der Waals surface area contributed by atoms with Crippen LogP contribution in [0.2, 0.25) is 0 Å². The third-order valence-electron chi connectivity index (χ3n) is 2.60. The van der Waals surface area contributed by atoms with Crippen molar-refractivity contribution in [2.75, 3.05) is 12.8 Å². The highest BCUT2D eigenvalue weighted by atomic mass is 16.6. The Kier molecular flexibility index (Phi) is 3.99. The minimum absolute atomic E-state index is 0.147. The van der Waals surface area contributed by atoms with E-state index in [0.29, 0.717) is 11.6 Å². The molecule has 0 saturated carbocycles. The molecule has 7 nitrogen and oxygen atoms in total. The normalized spacial score (nSPS) is 10.1. The van der Waals surface area contributed by atoms with Gasteiger partial charge in [0, 0.05) is 6.20 Å².